The molecule has 0 amide bonds. The molecule has 6 heteroatoms. The molecule has 2 aromatic carbocycles. The van der Waals surface area contributed by atoms with Gasteiger partial charge >= 0.3 is 0 Å². The van der Waals surface area contributed by atoms with Crippen molar-refractivity contribution in [1.82, 2.24) is 5.32 Å². The van der Waals surface area contributed by atoms with Crippen molar-refractivity contribution >= 4 is 22.2 Å². The Kier molecular flexibility index (Phi) is 4.40. The van der Waals surface area contributed by atoms with E-state index in [1.807, 2.05) is 12.1 Å². The van der Waals surface area contributed by atoms with Crippen molar-refractivity contribution in [3.05, 3.63) is 48.3 Å². The van der Waals surface area contributed by atoms with Gasteiger partial charge in [-0.2, -0.15) is 0 Å². The van der Waals surface area contributed by atoms with E-state index in [0.717, 1.165) is 31.9 Å². The number of benzene rings is 2. The first-order valence-electron chi connectivity index (χ1n) is 7.18. The van der Waals surface area contributed by atoms with Gasteiger partial charge in [0.25, 0.3) is 0 Å². The molecule has 0 saturated carbocycles. The zero-order valence-electron chi connectivity index (χ0n) is 12.1. The third-order valence-corrected chi connectivity index (χ3v) is 5.17. The lowest BCUT2D eigenvalue weighted by Gasteiger charge is -2.29. The predicted molar refractivity (Wildman–Crippen MR) is 87.0 cm³/mol. The van der Waals surface area contributed by atoms with E-state index in [2.05, 4.69) is 10.2 Å². The number of halogens is 1. The molecule has 0 aliphatic carbocycles. The van der Waals surface area contributed by atoms with Crippen LogP contribution in [0.3, 0.4) is 0 Å². The number of anilines is 2. The molecule has 0 bridgehead atoms. The van der Waals surface area contributed by atoms with Crippen molar-refractivity contribution in [2.24, 2.45) is 0 Å². The monoisotopic (exact) mass is 319 g/mol. The molecule has 3 N–H and O–H groups in total. The molecule has 3 rings (SSSR count). The van der Waals surface area contributed by atoms with E-state index in [9.17, 15) is 8.60 Å². The van der Waals surface area contributed by atoms with Gasteiger partial charge in [-0.25, -0.2) is 8.60 Å². The van der Waals surface area contributed by atoms with Gasteiger partial charge in [0.05, 0.1) is 21.4 Å². The SMILES string of the molecule is Nc1cc(N2CCNCC2)ccc1S(=O)c1ccc(F)cc1. The standard InChI is InChI=1S/C16H18FN3OS/c17-12-1-4-14(5-2-12)22(21)16-6-3-13(11-15(16)18)20-9-7-19-8-10-20/h1-6,11,19H,7-10,18H2. The molecule has 116 valence electrons. The van der Waals surface area contributed by atoms with Crippen LogP contribution in [0.25, 0.3) is 0 Å². The molecule has 1 aliphatic rings. The van der Waals surface area contributed by atoms with Crippen LogP contribution < -0.4 is 16.0 Å². The topological polar surface area (TPSA) is 58.4 Å². The quantitative estimate of drug-likeness (QED) is 0.850. The Morgan fingerprint density at radius 1 is 1.09 bits per heavy atom. The van der Waals surface area contributed by atoms with Gasteiger partial charge in [-0.05, 0) is 42.5 Å². The minimum atomic E-state index is -1.40. The van der Waals surface area contributed by atoms with E-state index >= 15 is 0 Å². The lowest BCUT2D eigenvalue weighted by atomic mass is 10.2. The molecule has 2 aromatic rings. The van der Waals surface area contributed by atoms with Gasteiger partial charge < -0.3 is 16.0 Å². The number of nitrogens with zero attached hydrogens (tertiary/aromatic N) is 1. The van der Waals surface area contributed by atoms with E-state index in [1.165, 1.54) is 24.3 Å². The normalized spacial score (nSPS) is 16.5. The molecular weight excluding hydrogens is 301 g/mol. The summed E-state index contributed by atoms with van der Waals surface area (Å²) in [7, 11) is -1.40. The van der Waals surface area contributed by atoms with Gasteiger partial charge in [0.1, 0.15) is 5.82 Å². The Hall–Kier alpha value is -1.92. The maximum atomic E-state index is 13.0. The summed E-state index contributed by atoms with van der Waals surface area (Å²) in [5.74, 6) is -0.345. The molecule has 1 aliphatic heterocycles. The Morgan fingerprint density at radius 2 is 1.77 bits per heavy atom. The zero-order chi connectivity index (χ0) is 15.5. The van der Waals surface area contributed by atoms with Crippen LogP contribution >= 0.6 is 0 Å². The number of nitrogens with two attached hydrogens (primary N) is 1. The van der Waals surface area contributed by atoms with Crippen LogP contribution in [0.5, 0.6) is 0 Å². The summed E-state index contributed by atoms with van der Waals surface area (Å²) in [5, 5.41) is 3.30. The highest BCUT2D eigenvalue weighted by Crippen LogP contribution is 2.27. The molecular formula is C16H18FN3OS. The Bertz CT molecular complexity index is 684. The first-order valence-corrected chi connectivity index (χ1v) is 8.32. The van der Waals surface area contributed by atoms with Crippen molar-refractivity contribution in [1.29, 1.82) is 0 Å². The zero-order valence-corrected chi connectivity index (χ0v) is 12.9. The summed E-state index contributed by atoms with van der Waals surface area (Å²) in [6, 6.07) is 11.3. The first-order chi connectivity index (χ1) is 10.6. The number of hydrogen-bond donors (Lipinski definition) is 2. The second kappa shape index (κ2) is 6.46. The summed E-state index contributed by atoms with van der Waals surface area (Å²) in [5.41, 5.74) is 7.63. The maximum Gasteiger partial charge on any atom is 0.123 e. The Labute approximate surface area is 131 Å². The minimum Gasteiger partial charge on any atom is -0.398 e. The summed E-state index contributed by atoms with van der Waals surface area (Å²) < 4.78 is 25.5. The fourth-order valence-electron chi connectivity index (χ4n) is 2.51. The number of hydrogen-bond acceptors (Lipinski definition) is 4. The Balaban J connectivity index is 1.85. The Morgan fingerprint density at radius 3 is 2.41 bits per heavy atom. The van der Waals surface area contributed by atoms with Gasteiger partial charge in [-0.1, -0.05) is 0 Å². The largest absolute Gasteiger partial charge is 0.398 e. The molecule has 0 spiro atoms. The molecule has 4 nitrogen and oxygen atoms in total. The molecule has 22 heavy (non-hydrogen) atoms. The molecule has 1 saturated heterocycles. The summed E-state index contributed by atoms with van der Waals surface area (Å²) >= 11 is 0. The molecule has 1 heterocycles. The van der Waals surface area contributed by atoms with Gasteiger partial charge in [-0.3, -0.25) is 0 Å². The average Bonchev–Trinajstić information content (AvgIpc) is 2.56. The molecule has 1 unspecified atom stereocenters. The third kappa shape index (κ3) is 3.13. The van der Waals surface area contributed by atoms with Crippen LogP contribution in [0.15, 0.2) is 52.3 Å². The lowest BCUT2D eigenvalue weighted by molar-refractivity contribution is 0.589. The number of nitrogen functional groups attached to an aromatic ring is 1. The minimum absolute atomic E-state index is 0.345. The summed E-state index contributed by atoms with van der Waals surface area (Å²) in [6.45, 7) is 3.76. The number of rotatable bonds is 3. The summed E-state index contributed by atoms with van der Waals surface area (Å²) in [4.78, 5) is 3.35. The molecule has 1 fully saturated rings. The fraction of sp³-hybridized carbons (Fsp3) is 0.250. The van der Waals surface area contributed by atoms with E-state index < -0.39 is 10.8 Å². The van der Waals surface area contributed by atoms with Gasteiger partial charge in [0.2, 0.25) is 0 Å². The fourth-order valence-corrected chi connectivity index (χ4v) is 3.61. The van der Waals surface area contributed by atoms with E-state index in [0.29, 0.717) is 15.5 Å². The van der Waals surface area contributed by atoms with Crippen molar-refractivity contribution < 1.29 is 8.60 Å². The van der Waals surface area contributed by atoms with Crippen LogP contribution in [-0.4, -0.2) is 30.4 Å². The second-order valence-electron chi connectivity index (χ2n) is 5.18. The number of piperazine rings is 1. The van der Waals surface area contributed by atoms with Crippen molar-refractivity contribution in [3.63, 3.8) is 0 Å². The van der Waals surface area contributed by atoms with E-state index in [-0.39, 0.29) is 5.82 Å². The van der Waals surface area contributed by atoms with Crippen LogP contribution in [0.4, 0.5) is 15.8 Å². The highest BCUT2D eigenvalue weighted by atomic mass is 32.2. The number of nitrogens with one attached hydrogen (secondary N) is 1. The van der Waals surface area contributed by atoms with E-state index in [1.54, 1.807) is 6.07 Å². The highest BCUT2D eigenvalue weighted by molar-refractivity contribution is 7.85. The molecule has 0 aromatic heterocycles. The second-order valence-corrected chi connectivity index (χ2v) is 6.63. The average molecular weight is 319 g/mol. The predicted octanol–water partition coefficient (Wildman–Crippen LogP) is 1.98. The van der Waals surface area contributed by atoms with Gasteiger partial charge in [-0.15, -0.1) is 0 Å². The highest BCUT2D eigenvalue weighted by Gasteiger charge is 2.15. The third-order valence-electron chi connectivity index (χ3n) is 3.70. The molecule has 0 radical (unpaired) electrons. The van der Waals surface area contributed by atoms with Crippen LogP contribution in [0.2, 0.25) is 0 Å². The van der Waals surface area contributed by atoms with Crippen LogP contribution in [0.1, 0.15) is 0 Å². The summed E-state index contributed by atoms with van der Waals surface area (Å²) in [6.07, 6.45) is 0. The maximum absolute atomic E-state index is 13.0. The van der Waals surface area contributed by atoms with Crippen molar-refractivity contribution in [2.75, 3.05) is 36.8 Å². The van der Waals surface area contributed by atoms with Crippen molar-refractivity contribution in [2.45, 2.75) is 9.79 Å². The van der Waals surface area contributed by atoms with Crippen molar-refractivity contribution in [3.8, 4) is 0 Å². The lowest BCUT2D eigenvalue weighted by Crippen LogP contribution is -2.43. The van der Waals surface area contributed by atoms with Gasteiger partial charge in [0, 0.05) is 36.8 Å². The molecule has 1 atom stereocenters. The smallest absolute Gasteiger partial charge is 0.123 e. The van der Waals surface area contributed by atoms with Crippen LogP contribution in [0, 0.1) is 5.82 Å². The van der Waals surface area contributed by atoms with Crippen LogP contribution in [-0.2, 0) is 10.8 Å². The van der Waals surface area contributed by atoms with Gasteiger partial charge in [0.15, 0.2) is 0 Å². The van der Waals surface area contributed by atoms with E-state index in [4.69, 9.17) is 5.73 Å². The first kappa shape index (κ1) is 15.0.